The van der Waals surface area contributed by atoms with Gasteiger partial charge in [-0.25, -0.2) is 24.6 Å². The molecule has 0 radical (unpaired) electrons. The summed E-state index contributed by atoms with van der Waals surface area (Å²) < 4.78 is 78.2. The number of esters is 4. The number of hydrogen-bond acceptors (Lipinski definition) is 21. The van der Waals surface area contributed by atoms with Crippen LogP contribution in [0.2, 0.25) is 0 Å². The van der Waals surface area contributed by atoms with Crippen LogP contribution in [0.5, 0.6) is 11.5 Å². The molecule has 7 rings (SSSR count). The number of aliphatic imine (C=N–C) groups is 1. The van der Waals surface area contributed by atoms with Crippen LogP contribution in [0.4, 0.5) is 5.82 Å². The lowest BCUT2D eigenvalue weighted by Crippen LogP contribution is -2.63. The van der Waals surface area contributed by atoms with Gasteiger partial charge in [-0.3, -0.25) is 23.7 Å². The molecule has 0 amide bonds. The molecule has 0 bridgehead atoms. The summed E-state index contributed by atoms with van der Waals surface area (Å²) in [5.74, 6) is -1.13. The Morgan fingerprint density at radius 3 is 1.89 bits per heavy atom. The number of carbonyl (C=O) groups excluding carboxylic acids is 4. The highest BCUT2D eigenvalue weighted by Crippen LogP contribution is 2.51. The molecule has 0 N–H and O–H groups in total. The van der Waals surface area contributed by atoms with Crippen molar-refractivity contribution in [3.05, 3.63) is 108 Å². The zero-order chi connectivity index (χ0) is 58.4. The highest BCUT2D eigenvalue weighted by Gasteiger charge is 2.53. The van der Waals surface area contributed by atoms with E-state index in [0.29, 0.717) is 34.9 Å². The molecule has 2 saturated heterocycles. The van der Waals surface area contributed by atoms with E-state index in [-0.39, 0.29) is 38.3 Å². The maximum atomic E-state index is 12.5. The van der Waals surface area contributed by atoms with Gasteiger partial charge in [0, 0.05) is 60.3 Å². The fourth-order valence-corrected chi connectivity index (χ4v) is 11.5. The van der Waals surface area contributed by atoms with Crippen molar-refractivity contribution in [3.8, 4) is 11.5 Å². The van der Waals surface area contributed by atoms with Gasteiger partial charge in [-0.15, -0.1) is 0 Å². The normalized spacial score (nSPS) is 21.6. The lowest BCUT2D eigenvalue weighted by atomic mass is 9.80. The Bertz CT molecular complexity index is 2820. The molecule has 0 spiro atoms. The predicted octanol–water partition coefficient (Wildman–Crippen LogP) is 7.60. The average Bonchev–Trinajstić information content (AvgIpc) is 4.12. The maximum absolute atomic E-state index is 12.5. The molecule has 1 unspecified atom stereocenters. The van der Waals surface area contributed by atoms with E-state index in [0.717, 1.165) is 30.5 Å². The van der Waals surface area contributed by atoms with Gasteiger partial charge in [0.15, 0.2) is 41.6 Å². The molecule has 0 aliphatic carbocycles. The van der Waals surface area contributed by atoms with E-state index >= 15 is 0 Å². The van der Waals surface area contributed by atoms with Crippen molar-refractivity contribution in [1.82, 2.24) is 29.1 Å². The predicted molar refractivity (Wildman–Crippen MR) is 296 cm³/mol. The van der Waals surface area contributed by atoms with Crippen LogP contribution in [-0.4, -0.2) is 169 Å². The number of imidazole rings is 1. The first-order chi connectivity index (χ1) is 38.8. The van der Waals surface area contributed by atoms with Gasteiger partial charge in [-0.1, -0.05) is 54.6 Å². The first-order valence-electron chi connectivity index (χ1n) is 26.7. The third-order valence-corrected chi connectivity index (χ3v) is 15.2. The van der Waals surface area contributed by atoms with Gasteiger partial charge in [0.2, 0.25) is 0 Å². The van der Waals surface area contributed by atoms with Crippen molar-refractivity contribution >= 4 is 55.7 Å². The van der Waals surface area contributed by atoms with Crippen LogP contribution in [0.3, 0.4) is 0 Å². The number of methoxy groups -OCH3 is 2. The van der Waals surface area contributed by atoms with E-state index in [1.807, 2.05) is 97.5 Å². The van der Waals surface area contributed by atoms with E-state index in [4.69, 9.17) is 61.4 Å². The van der Waals surface area contributed by atoms with Crippen LogP contribution in [0.25, 0.3) is 11.2 Å². The number of carbonyl (C=O) groups is 4. The topological polar surface area (TPSA) is 241 Å². The van der Waals surface area contributed by atoms with Gasteiger partial charge in [0.25, 0.3) is 8.53 Å². The van der Waals surface area contributed by atoms with E-state index in [9.17, 15) is 19.2 Å². The van der Waals surface area contributed by atoms with Gasteiger partial charge in [-0.05, 0) is 75.1 Å². The summed E-state index contributed by atoms with van der Waals surface area (Å²) in [7, 11) is 5.11. The molecule has 0 saturated carbocycles. The maximum Gasteiger partial charge on any atom is 0.303 e. The zero-order valence-corrected chi connectivity index (χ0v) is 48.8. The monoisotopic (exact) mass is 1140 g/mol. The van der Waals surface area contributed by atoms with Crippen LogP contribution in [-0.2, 0) is 71.7 Å². The number of benzene rings is 3. The number of hydrogen-bond donors (Lipinski definition) is 0. The Hall–Kier alpha value is -6.69. The van der Waals surface area contributed by atoms with Crippen LogP contribution in [0, 0.1) is 0 Å². The Morgan fingerprint density at radius 1 is 0.728 bits per heavy atom. The molecule has 23 nitrogen and oxygen atoms in total. The molecule has 2 aliphatic heterocycles. The van der Waals surface area contributed by atoms with Crippen molar-refractivity contribution < 1.29 is 75.6 Å². The second-order valence-corrected chi connectivity index (χ2v) is 21.4. The number of nitrogens with zero attached hydrogens (tertiary/aromatic N) is 7. The third kappa shape index (κ3) is 15.7. The third-order valence-electron chi connectivity index (χ3n) is 13.1. The van der Waals surface area contributed by atoms with Gasteiger partial charge < -0.3 is 61.3 Å². The quantitative estimate of drug-likeness (QED) is 0.00935. The average molecular weight is 1140 g/mol. The molecule has 81 heavy (non-hydrogen) atoms. The molecule has 3 aromatic carbocycles. The number of fused-ring (bicyclic) bond motifs is 1. The molecule has 4 heterocycles. The van der Waals surface area contributed by atoms with Crippen molar-refractivity contribution in [2.24, 2.45) is 4.99 Å². The lowest BCUT2D eigenvalue weighted by molar-refractivity contribution is -0.308. The van der Waals surface area contributed by atoms with Crippen molar-refractivity contribution in [2.45, 2.75) is 135 Å². The Labute approximate surface area is 473 Å². The minimum atomic E-state index is -1.87. The minimum absolute atomic E-state index is 0.0183. The molecule has 24 heteroatoms. The van der Waals surface area contributed by atoms with Gasteiger partial charge in [0.1, 0.15) is 48.5 Å². The minimum Gasteiger partial charge on any atom is -0.497 e. The molecule has 5 aromatic rings. The van der Waals surface area contributed by atoms with Gasteiger partial charge in [0.05, 0.1) is 52.8 Å². The van der Waals surface area contributed by atoms with Gasteiger partial charge >= 0.3 is 23.9 Å². The molecule has 438 valence electrons. The SMILES string of the molecule is COc1ccc(C(OC[C@H]2O[C@@H](n3cnc4c(/N=C/N(C)C)ncnc43)C[C@@H]2OP(OCCCO[C@@H]2O[C@H](COC(C)=O)[C@@H](OC(C)=O)[C@H](OC(C)=O)[C@H]2OC(C)=O)N(C(C)C)C(C)C)(c2ccccc2)c2ccc(OC)cc2)cc1. The number of rotatable bonds is 27. The van der Waals surface area contributed by atoms with Gasteiger partial charge in [-0.2, -0.15) is 0 Å². The Morgan fingerprint density at radius 2 is 1.32 bits per heavy atom. The van der Waals surface area contributed by atoms with Crippen LogP contribution in [0.15, 0.2) is 96.5 Å². The van der Waals surface area contributed by atoms with Crippen molar-refractivity contribution in [3.63, 3.8) is 0 Å². The zero-order valence-electron chi connectivity index (χ0n) is 47.9. The summed E-state index contributed by atoms with van der Waals surface area (Å²) in [5, 5.41) is 0. The van der Waals surface area contributed by atoms with Crippen LogP contribution < -0.4 is 9.47 Å². The summed E-state index contributed by atoms with van der Waals surface area (Å²) in [4.78, 5) is 69.3. The molecular formula is C57H74N7O16P. The van der Waals surface area contributed by atoms with E-state index in [2.05, 4.69) is 47.3 Å². The van der Waals surface area contributed by atoms with Crippen LogP contribution >= 0.6 is 8.53 Å². The first kappa shape index (κ1) is 61.9. The summed E-state index contributed by atoms with van der Waals surface area (Å²) >= 11 is 0. The summed E-state index contributed by atoms with van der Waals surface area (Å²) in [6.45, 7) is 12.6. The molecule has 9 atom stereocenters. The van der Waals surface area contributed by atoms with Crippen molar-refractivity contribution in [1.29, 1.82) is 0 Å². The fraction of sp³-hybridized carbons (Fsp3) is 0.509. The number of aromatic nitrogens is 4. The van der Waals surface area contributed by atoms with Crippen molar-refractivity contribution in [2.75, 3.05) is 54.7 Å². The summed E-state index contributed by atoms with van der Waals surface area (Å²) in [5.41, 5.74) is 2.32. The largest absolute Gasteiger partial charge is 0.497 e. The van der Waals surface area contributed by atoms with E-state index in [1.54, 1.807) is 31.8 Å². The van der Waals surface area contributed by atoms with E-state index < -0.39 is 93.8 Å². The second-order valence-electron chi connectivity index (χ2n) is 20.0. The first-order valence-corrected chi connectivity index (χ1v) is 27.8. The van der Waals surface area contributed by atoms with Crippen LogP contribution in [0.1, 0.15) is 91.1 Å². The lowest BCUT2D eigenvalue weighted by Gasteiger charge is -2.44. The second kappa shape index (κ2) is 28.8. The highest BCUT2D eigenvalue weighted by atomic mass is 31.2. The van der Waals surface area contributed by atoms with E-state index in [1.165, 1.54) is 20.2 Å². The molecule has 2 fully saturated rings. The Kier molecular flexibility index (Phi) is 22.0. The molecular weight excluding hydrogens is 1070 g/mol. The summed E-state index contributed by atoms with van der Waals surface area (Å²) in [6, 6.07) is 25.5. The smallest absolute Gasteiger partial charge is 0.303 e. The summed E-state index contributed by atoms with van der Waals surface area (Å²) in [6.07, 6.45) is -3.32. The fourth-order valence-electron chi connectivity index (χ4n) is 9.69. The Balaban J connectivity index is 1.21. The molecule has 2 aliphatic rings. The molecule has 2 aromatic heterocycles. The standard InChI is InChI=1S/C57H74N7O16P/c1-35(2)64(36(3)4)81(74-28-16-27-71-56-53(77-40(8)68)52(76-39(7)67)51(75-38(6)66)48(79-56)30-72-37(5)65)80-46-29-49(63-34-60-50-54(61-33-62(9)10)58-32-59-55(50)63)78-47(46)31-73-57(41-17-14-13-15-18-41,42-19-23-44(69-11)24-20-42)43-21-25-45(70-12)26-22-43/h13-15,17-26,32-36,46-49,51-53,56H,16,27-31H2,1-12H3/b61-33+/t46-,47+,48+,49+,51+,52-,53+,56+,81?/m0/s1. The highest BCUT2D eigenvalue weighted by molar-refractivity contribution is 7.44. The number of ether oxygens (including phenoxy) is 10.